The van der Waals surface area contributed by atoms with Crippen molar-refractivity contribution in [2.75, 3.05) is 12.0 Å². The van der Waals surface area contributed by atoms with E-state index >= 15 is 0 Å². The van der Waals surface area contributed by atoms with Crippen LogP contribution in [0.25, 0.3) is 16.0 Å². The normalized spacial score (nSPS) is 17.2. The van der Waals surface area contributed by atoms with Crippen molar-refractivity contribution in [3.8, 4) is 5.75 Å². The number of benzene rings is 3. The van der Waals surface area contributed by atoms with E-state index in [9.17, 15) is 24.8 Å². The number of amides is 1. The van der Waals surface area contributed by atoms with Crippen LogP contribution in [0.15, 0.2) is 78.4 Å². The summed E-state index contributed by atoms with van der Waals surface area (Å²) >= 11 is 1.17. The first-order valence-corrected chi connectivity index (χ1v) is 11.3. The summed E-state index contributed by atoms with van der Waals surface area (Å²) in [4.78, 5) is 43.1. The number of aromatic nitrogens is 1. The third-order valence-electron chi connectivity index (χ3n) is 5.68. The molecule has 2 heterocycles. The molecule has 1 N–H and O–H groups in total. The average molecular weight is 487 g/mol. The number of nitrogens with zero attached hydrogens (tertiary/aromatic N) is 3. The second-order valence-corrected chi connectivity index (χ2v) is 8.73. The molecule has 0 radical (unpaired) electrons. The van der Waals surface area contributed by atoms with Crippen LogP contribution in [-0.2, 0) is 9.59 Å². The highest BCUT2D eigenvalue weighted by molar-refractivity contribution is 7.22. The molecule has 35 heavy (non-hydrogen) atoms. The molecule has 3 aromatic carbocycles. The van der Waals surface area contributed by atoms with Crippen LogP contribution >= 0.6 is 11.3 Å². The first kappa shape index (κ1) is 22.2. The Bertz CT molecular complexity index is 1530. The number of fused-ring (bicyclic) bond motifs is 1. The predicted octanol–water partition coefficient (Wildman–Crippen LogP) is 4.84. The Hall–Kier alpha value is -4.57. The Kier molecular flexibility index (Phi) is 5.50. The maximum atomic E-state index is 13.3. The molecule has 10 heteroatoms. The first-order chi connectivity index (χ1) is 16.9. The molecule has 0 unspecified atom stereocenters. The molecule has 4 aromatic rings. The molecule has 1 aromatic heterocycles. The van der Waals surface area contributed by atoms with E-state index in [2.05, 4.69) is 4.98 Å². The van der Waals surface area contributed by atoms with Crippen molar-refractivity contribution < 1.29 is 24.4 Å². The summed E-state index contributed by atoms with van der Waals surface area (Å²) in [7, 11) is 1.54. The largest absolute Gasteiger partial charge is 0.507 e. The molecule has 1 aliphatic rings. The van der Waals surface area contributed by atoms with E-state index in [-0.39, 0.29) is 22.2 Å². The summed E-state index contributed by atoms with van der Waals surface area (Å²) in [5, 5.41) is 22.8. The minimum atomic E-state index is -1.11. The van der Waals surface area contributed by atoms with Crippen LogP contribution in [0.5, 0.6) is 5.75 Å². The monoisotopic (exact) mass is 487 g/mol. The Labute approximate surface area is 202 Å². The van der Waals surface area contributed by atoms with Crippen LogP contribution < -0.4 is 9.64 Å². The van der Waals surface area contributed by atoms with Crippen LogP contribution in [0, 0.1) is 10.1 Å². The fraction of sp³-hybridized carbons (Fsp3) is 0.0800. The topological polar surface area (TPSA) is 123 Å². The molecule has 1 fully saturated rings. The van der Waals surface area contributed by atoms with Gasteiger partial charge in [-0.1, -0.05) is 53.8 Å². The molecule has 0 aliphatic carbocycles. The van der Waals surface area contributed by atoms with Crippen molar-refractivity contribution in [1.82, 2.24) is 4.98 Å². The summed E-state index contributed by atoms with van der Waals surface area (Å²) in [6.45, 7) is 0. The highest BCUT2D eigenvalue weighted by Crippen LogP contribution is 2.45. The van der Waals surface area contributed by atoms with Gasteiger partial charge in [0.05, 0.1) is 33.9 Å². The minimum Gasteiger partial charge on any atom is -0.507 e. The fourth-order valence-corrected chi connectivity index (χ4v) is 5.05. The summed E-state index contributed by atoms with van der Waals surface area (Å²) in [6.07, 6.45) is 0. The number of nitro benzene ring substituents is 1. The Morgan fingerprint density at radius 3 is 2.57 bits per heavy atom. The Morgan fingerprint density at radius 2 is 1.86 bits per heavy atom. The van der Waals surface area contributed by atoms with Crippen molar-refractivity contribution >= 4 is 49.8 Å². The number of rotatable bonds is 5. The number of hydrogen-bond acceptors (Lipinski definition) is 8. The first-order valence-electron chi connectivity index (χ1n) is 10.4. The van der Waals surface area contributed by atoms with E-state index in [0.717, 1.165) is 4.70 Å². The number of Topliss-reactive ketones (excluding diaryl/α,β-unsaturated/α-hetero) is 1. The number of aliphatic hydroxyl groups excluding tert-OH is 1. The van der Waals surface area contributed by atoms with Gasteiger partial charge >= 0.3 is 5.91 Å². The van der Waals surface area contributed by atoms with Crippen molar-refractivity contribution in [2.24, 2.45) is 0 Å². The zero-order chi connectivity index (χ0) is 24.7. The van der Waals surface area contributed by atoms with Crippen molar-refractivity contribution in [3.63, 3.8) is 0 Å². The zero-order valence-electron chi connectivity index (χ0n) is 18.2. The fourth-order valence-electron chi connectivity index (χ4n) is 4.03. The molecule has 1 aliphatic heterocycles. The molecule has 174 valence electrons. The van der Waals surface area contributed by atoms with Gasteiger partial charge in [-0.25, -0.2) is 4.98 Å². The van der Waals surface area contributed by atoms with Gasteiger partial charge in [0.15, 0.2) is 5.13 Å². The summed E-state index contributed by atoms with van der Waals surface area (Å²) in [6, 6.07) is 18.1. The molecular formula is C25H17N3O6S. The molecule has 0 saturated carbocycles. The molecular weight excluding hydrogens is 470 g/mol. The number of thiazole rings is 1. The van der Waals surface area contributed by atoms with Gasteiger partial charge in [-0.2, -0.15) is 0 Å². The molecule has 0 spiro atoms. The minimum absolute atomic E-state index is 0.168. The number of aliphatic hydroxyl groups is 1. The predicted molar refractivity (Wildman–Crippen MR) is 130 cm³/mol. The van der Waals surface area contributed by atoms with Crippen molar-refractivity contribution in [2.45, 2.75) is 6.04 Å². The van der Waals surface area contributed by atoms with Crippen LogP contribution in [-0.4, -0.2) is 33.8 Å². The molecule has 1 saturated heterocycles. The molecule has 1 amide bonds. The number of methoxy groups -OCH3 is 1. The second-order valence-electron chi connectivity index (χ2n) is 7.72. The lowest BCUT2D eigenvalue weighted by Crippen LogP contribution is -2.29. The van der Waals surface area contributed by atoms with Gasteiger partial charge in [0, 0.05) is 17.7 Å². The maximum Gasteiger partial charge on any atom is 0.301 e. The SMILES string of the molecule is COc1ccc2nc(N3C(=O)C(=O)/C(=C(/O)c4ccccc4)[C@@H]3c3cccc([N+](=O)[O-])c3)sc2c1. The highest BCUT2D eigenvalue weighted by atomic mass is 32.1. The van der Waals surface area contributed by atoms with Crippen molar-refractivity contribution in [3.05, 3.63) is 99.6 Å². The van der Waals surface area contributed by atoms with Crippen LogP contribution in [0.4, 0.5) is 10.8 Å². The number of carbonyl (C=O) groups is 2. The number of anilines is 1. The van der Waals surface area contributed by atoms with Crippen molar-refractivity contribution in [1.29, 1.82) is 0 Å². The number of nitro groups is 1. The summed E-state index contributed by atoms with van der Waals surface area (Å²) in [5.41, 5.74) is 0.858. The van der Waals surface area contributed by atoms with E-state index in [1.54, 1.807) is 54.6 Å². The van der Waals surface area contributed by atoms with E-state index in [1.165, 1.54) is 41.5 Å². The number of ether oxygens (including phenoxy) is 1. The number of ketones is 1. The number of hydrogen-bond donors (Lipinski definition) is 1. The van der Waals surface area contributed by atoms with Gasteiger partial charge in [-0.15, -0.1) is 0 Å². The summed E-state index contributed by atoms with van der Waals surface area (Å²) < 4.78 is 5.98. The Balaban J connectivity index is 1.74. The Morgan fingerprint density at radius 1 is 1.09 bits per heavy atom. The second kappa shape index (κ2) is 8.65. The van der Waals surface area contributed by atoms with Crippen LogP contribution in [0.2, 0.25) is 0 Å². The van der Waals surface area contributed by atoms with E-state index in [4.69, 9.17) is 4.74 Å². The molecule has 1 atom stereocenters. The molecule has 9 nitrogen and oxygen atoms in total. The smallest absolute Gasteiger partial charge is 0.301 e. The van der Waals surface area contributed by atoms with E-state index < -0.39 is 22.7 Å². The van der Waals surface area contributed by atoms with Gasteiger partial charge in [0.2, 0.25) is 0 Å². The lowest BCUT2D eigenvalue weighted by atomic mass is 9.95. The van der Waals surface area contributed by atoms with Gasteiger partial charge in [-0.3, -0.25) is 24.6 Å². The number of carbonyl (C=O) groups excluding carboxylic acids is 2. The van der Waals surface area contributed by atoms with E-state index in [1.807, 2.05) is 0 Å². The number of non-ortho nitro benzene ring substituents is 1. The summed E-state index contributed by atoms with van der Waals surface area (Å²) in [5.74, 6) is -1.55. The lowest BCUT2D eigenvalue weighted by molar-refractivity contribution is -0.384. The van der Waals surface area contributed by atoms with Gasteiger partial charge in [0.25, 0.3) is 11.5 Å². The van der Waals surface area contributed by atoms with Gasteiger partial charge < -0.3 is 9.84 Å². The third kappa shape index (κ3) is 3.79. The van der Waals surface area contributed by atoms with E-state index in [0.29, 0.717) is 22.4 Å². The standard InChI is InChI=1S/C25H17N3O6S/c1-34-17-10-11-18-19(13-17)35-25(26-18)27-21(15-8-5-9-16(12-15)28(32)33)20(23(30)24(27)31)22(29)14-6-3-2-4-7-14/h2-13,21,29H,1H3/b22-20+/t21-/m0/s1. The molecule has 5 rings (SSSR count). The van der Waals surface area contributed by atoms with Crippen LogP contribution in [0.3, 0.4) is 0 Å². The molecule has 0 bridgehead atoms. The quantitative estimate of drug-likeness (QED) is 0.140. The van der Waals surface area contributed by atoms with Gasteiger partial charge in [0.1, 0.15) is 11.5 Å². The van der Waals surface area contributed by atoms with Crippen LogP contribution in [0.1, 0.15) is 17.2 Å². The zero-order valence-corrected chi connectivity index (χ0v) is 19.1. The van der Waals surface area contributed by atoms with Gasteiger partial charge in [-0.05, 0) is 23.8 Å². The average Bonchev–Trinajstić information content (AvgIpc) is 3.41. The third-order valence-corrected chi connectivity index (χ3v) is 6.70. The lowest BCUT2D eigenvalue weighted by Gasteiger charge is -2.22. The maximum absolute atomic E-state index is 13.3. The highest BCUT2D eigenvalue weighted by Gasteiger charge is 2.48.